The van der Waals surface area contributed by atoms with Crippen LogP contribution < -0.4 is 5.32 Å². The van der Waals surface area contributed by atoms with E-state index in [1.807, 2.05) is 0 Å². The molecule has 70 valence electrons. The van der Waals surface area contributed by atoms with Crippen LogP contribution in [-0.4, -0.2) is 24.8 Å². The minimum absolute atomic E-state index is 0.357. The Hall–Kier alpha value is -0.0800. The van der Waals surface area contributed by atoms with Crippen LogP contribution >= 0.6 is 0 Å². The molecule has 2 rings (SSSR count). The van der Waals surface area contributed by atoms with Crippen molar-refractivity contribution >= 4 is 0 Å². The van der Waals surface area contributed by atoms with Crippen molar-refractivity contribution in [3.05, 3.63) is 0 Å². The predicted octanol–water partition coefficient (Wildman–Crippen LogP) is 1.70. The first kappa shape index (κ1) is 8.52. The van der Waals surface area contributed by atoms with Crippen molar-refractivity contribution in [1.82, 2.24) is 5.32 Å². The average Bonchev–Trinajstić information content (AvgIpc) is 2.05. The van der Waals surface area contributed by atoms with E-state index in [2.05, 4.69) is 12.2 Å². The largest absolute Gasteiger partial charge is 0.378 e. The van der Waals surface area contributed by atoms with Crippen LogP contribution in [0.1, 0.15) is 39.0 Å². The van der Waals surface area contributed by atoms with Crippen LogP contribution in [0.15, 0.2) is 0 Å². The standard InChI is InChI=1S/C10H19NO/c1-9-7-12-8-10(11-9)5-3-2-4-6-10/h9,11H,2-8H2,1H3/t9-/m1/s1. The van der Waals surface area contributed by atoms with Crippen LogP contribution in [0.5, 0.6) is 0 Å². The van der Waals surface area contributed by atoms with Crippen LogP contribution in [0, 0.1) is 0 Å². The molecule has 0 aromatic carbocycles. The minimum atomic E-state index is 0.357. The van der Waals surface area contributed by atoms with Gasteiger partial charge in [0.15, 0.2) is 0 Å². The summed E-state index contributed by atoms with van der Waals surface area (Å²) < 4.78 is 5.61. The zero-order valence-corrected chi connectivity index (χ0v) is 7.94. The molecule has 12 heavy (non-hydrogen) atoms. The lowest BCUT2D eigenvalue weighted by molar-refractivity contribution is -0.0131. The molecule has 0 bridgehead atoms. The van der Waals surface area contributed by atoms with Crippen LogP contribution in [0.2, 0.25) is 0 Å². The molecule has 0 amide bonds. The molecule has 2 nitrogen and oxygen atoms in total. The third kappa shape index (κ3) is 1.64. The third-order valence-corrected chi connectivity index (χ3v) is 3.11. The molecule has 1 N–H and O–H groups in total. The second-order valence-electron chi connectivity index (χ2n) is 4.40. The number of rotatable bonds is 0. The van der Waals surface area contributed by atoms with Crippen LogP contribution in [0.3, 0.4) is 0 Å². The SMILES string of the molecule is C[C@@H]1COCC2(CCCCC2)N1. The van der Waals surface area contributed by atoms with Gasteiger partial charge in [0.1, 0.15) is 0 Å². The van der Waals surface area contributed by atoms with Gasteiger partial charge in [0.2, 0.25) is 0 Å². The van der Waals surface area contributed by atoms with Crippen molar-refractivity contribution in [2.45, 2.75) is 50.6 Å². The average molecular weight is 169 g/mol. The molecular formula is C10H19NO. The van der Waals surface area contributed by atoms with E-state index in [1.165, 1.54) is 32.1 Å². The van der Waals surface area contributed by atoms with Gasteiger partial charge in [0, 0.05) is 11.6 Å². The van der Waals surface area contributed by atoms with E-state index in [1.54, 1.807) is 0 Å². The fraction of sp³-hybridized carbons (Fsp3) is 1.00. The molecule has 1 aliphatic carbocycles. The summed E-state index contributed by atoms with van der Waals surface area (Å²) in [5.74, 6) is 0. The summed E-state index contributed by atoms with van der Waals surface area (Å²) in [4.78, 5) is 0. The minimum Gasteiger partial charge on any atom is -0.378 e. The van der Waals surface area contributed by atoms with Gasteiger partial charge in [0.25, 0.3) is 0 Å². The second kappa shape index (κ2) is 3.35. The maximum absolute atomic E-state index is 5.61. The summed E-state index contributed by atoms with van der Waals surface area (Å²) in [5.41, 5.74) is 0.357. The lowest BCUT2D eigenvalue weighted by atomic mass is 9.81. The third-order valence-electron chi connectivity index (χ3n) is 3.11. The molecule has 0 aromatic heterocycles. The Labute approximate surface area is 74.7 Å². The van der Waals surface area contributed by atoms with E-state index in [9.17, 15) is 0 Å². The molecule has 0 unspecified atom stereocenters. The first-order valence-corrected chi connectivity index (χ1v) is 5.16. The Kier molecular flexibility index (Phi) is 2.37. The second-order valence-corrected chi connectivity index (χ2v) is 4.40. The first-order chi connectivity index (χ1) is 5.81. The lowest BCUT2D eigenvalue weighted by Gasteiger charge is -2.43. The number of morpholine rings is 1. The summed E-state index contributed by atoms with van der Waals surface area (Å²) in [6.07, 6.45) is 6.80. The first-order valence-electron chi connectivity index (χ1n) is 5.16. The van der Waals surface area contributed by atoms with E-state index in [0.29, 0.717) is 11.6 Å². The molecule has 1 saturated carbocycles. The van der Waals surface area contributed by atoms with Crippen LogP contribution in [0.25, 0.3) is 0 Å². The van der Waals surface area contributed by atoms with Gasteiger partial charge < -0.3 is 10.1 Å². The smallest absolute Gasteiger partial charge is 0.0649 e. The molecule has 0 radical (unpaired) electrons. The van der Waals surface area contributed by atoms with Gasteiger partial charge in [0.05, 0.1) is 13.2 Å². The highest BCUT2D eigenvalue weighted by Crippen LogP contribution is 2.30. The van der Waals surface area contributed by atoms with E-state index >= 15 is 0 Å². The van der Waals surface area contributed by atoms with Gasteiger partial charge in [-0.15, -0.1) is 0 Å². The van der Waals surface area contributed by atoms with E-state index in [0.717, 1.165) is 13.2 Å². The Balaban J connectivity index is 1.97. The van der Waals surface area contributed by atoms with E-state index in [4.69, 9.17) is 4.74 Å². The van der Waals surface area contributed by atoms with Gasteiger partial charge in [-0.1, -0.05) is 19.3 Å². The Morgan fingerprint density at radius 3 is 2.67 bits per heavy atom. The Morgan fingerprint density at radius 2 is 2.00 bits per heavy atom. The lowest BCUT2D eigenvalue weighted by Crippen LogP contribution is -2.58. The quantitative estimate of drug-likeness (QED) is 0.596. The highest BCUT2D eigenvalue weighted by atomic mass is 16.5. The van der Waals surface area contributed by atoms with Crippen LogP contribution in [-0.2, 0) is 4.74 Å². The molecule has 2 fully saturated rings. The summed E-state index contributed by atoms with van der Waals surface area (Å²) >= 11 is 0. The molecule has 1 heterocycles. The van der Waals surface area contributed by atoms with Crippen LogP contribution in [0.4, 0.5) is 0 Å². The fourth-order valence-corrected chi connectivity index (χ4v) is 2.55. The molecule has 2 aliphatic rings. The van der Waals surface area contributed by atoms with Crippen molar-refractivity contribution in [2.24, 2.45) is 0 Å². The Bertz CT molecular complexity index is 146. The van der Waals surface area contributed by atoms with Gasteiger partial charge in [-0.3, -0.25) is 0 Å². The number of nitrogens with one attached hydrogen (secondary N) is 1. The van der Waals surface area contributed by atoms with Gasteiger partial charge in [-0.2, -0.15) is 0 Å². The molecule has 1 aliphatic heterocycles. The molecule has 2 heteroatoms. The zero-order chi connectivity index (χ0) is 8.44. The number of hydrogen-bond acceptors (Lipinski definition) is 2. The van der Waals surface area contributed by atoms with Gasteiger partial charge >= 0.3 is 0 Å². The van der Waals surface area contributed by atoms with E-state index in [-0.39, 0.29) is 0 Å². The van der Waals surface area contributed by atoms with Gasteiger partial charge in [-0.25, -0.2) is 0 Å². The topological polar surface area (TPSA) is 21.3 Å². The van der Waals surface area contributed by atoms with Crippen molar-refractivity contribution in [3.8, 4) is 0 Å². The highest BCUT2D eigenvalue weighted by Gasteiger charge is 2.35. The number of hydrogen-bond donors (Lipinski definition) is 1. The normalized spacial score (nSPS) is 35.2. The highest BCUT2D eigenvalue weighted by molar-refractivity contribution is 4.94. The van der Waals surface area contributed by atoms with Crippen molar-refractivity contribution in [2.75, 3.05) is 13.2 Å². The zero-order valence-electron chi connectivity index (χ0n) is 7.94. The Morgan fingerprint density at radius 1 is 1.25 bits per heavy atom. The van der Waals surface area contributed by atoms with Crippen molar-refractivity contribution in [3.63, 3.8) is 0 Å². The molecule has 1 atom stereocenters. The maximum Gasteiger partial charge on any atom is 0.0649 e. The molecule has 0 aromatic rings. The van der Waals surface area contributed by atoms with E-state index < -0.39 is 0 Å². The summed E-state index contributed by atoms with van der Waals surface area (Å²) in [7, 11) is 0. The summed E-state index contributed by atoms with van der Waals surface area (Å²) in [6.45, 7) is 4.05. The van der Waals surface area contributed by atoms with Gasteiger partial charge in [-0.05, 0) is 19.8 Å². The molecule has 1 spiro atoms. The predicted molar refractivity (Wildman–Crippen MR) is 49.2 cm³/mol. The summed E-state index contributed by atoms with van der Waals surface area (Å²) in [5, 5.41) is 3.71. The fourth-order valence-electron chi connectivity index (χ4n) is 2.55. The van der Waals surface area contributed by atoms with Crippen molar-refractivity contribution in [1.29, 1.82) is 0 Å². The number of ether oxygens (including phenoxy) is 1. The monoisotopic (exact) mass is 169 g/mol. The maximum atomic E-state index is 5.61. The molecule has 1 saturated heterocycles. The molecular weight excluding hydrogens is 150 g/mol. The summed E-state index contributed by atoms with van der Waals surface area (Å²) in [6, 6.07) is 0.553. The van der Waals surface area contributed by atoms with Crippen molar-refractivity contribution < 1.29 is 4.74 Å².